The standard InChI is InChI=1S/C21H25N3O2/c25-20-12-18-8-11-23(21(26)16-22-9-4-5-10-22)14-19(18)15-24(20)13-17-6-2-1-3-7-17/h1-3,6-7,12,15H,4-5,8-11,13-14,16H2. The van der Waals surface area contributed by atoms with Gasteiger partial charge in [-0.2, -0.15) is 0 Å². The Morgan fingerprint density at radius 3 is 2.54 bits per heavy atom. The third kappa shape index (κ3) is 3.73. The Balaban J connectivity index is 1.49. The van der Waals surface area contributed by atoms with E-state index < -0.39 is 0 Å². The summed E-state index contributed by atoms with van der Waals surface area (Å²) in [4.78, 5) is 29.2. The molecule has 0 saturated carbocycles. The molecule has 3 heterocycles. The van der Waals surface area contributed by atoms with Gasteiger partial charge in [-0.05, 0) is 49.0 Å². The molecular weight excluding hydrogens is 326 g/mol. The van der Waals surface area contributed by atoms with Crippen LogP contribution in [0.1, 0.15) is 29.5 Å². The number of benzene rings is 1. The van der Waals surface area contributed by atoms with E-state index in [1.807, 2.05) is 41.4 Å². The fraction of sp³-hybridized carbons (Fsp3) is 0.429. The molecule has 136 valence electrons. The molecule has 0 atom stereocenters. The minimum Gasteiger partial charge on any atom is -0.337 e. The summed E-state index contributed by atoms with van der Waals surface area (Å²) >= 11 is 0. The van der Waals surface area contributed by atoms with Crippen LogP contribution in [-0.4, -0.2) is 46.5 Å². The van der Waals surface area contributed by atoms with Gasteiger partial charge in [-0.15, -0.1) is 0 Å². The molecular formula is C21H25N3O2. The minimum atomic E-state index is 0.0319. The van der Waals surface area contributed by atoms with Crippen molar-refractivity contribution in [2.75, 3.05) is 26.2 Å². The zero-order valence-corrected chi connectivity index (χ0v) is 15.1. The third-order valence-corrected chi connectivity index (χ3v) is 5.42. The van der Waals surface area contributed by atoms with E-state index in [4.69, 9.17) is 0 Å². The number of pyridine rings is 1. The van der Waals surface area contributed by atoms with Gasteiger partial charge in [0.15, 0.2) is 0 Å². The van der Waals surface area contributed by atoms with E-state index in [0.29, 0.717) is 26.2 Å². The first-order chi connectivity index (χ1) is 12.7. The van der Waals surface area contributed by atoms with Gasteiger partial charge in [0.1, 0.15) is 0 Å². The van der Waals surface area contributed by atoms with E-state index in [1.165, 1.54) is 12.8 Å². The molecule has 0 radical (unpaired) electrons. The second-order valence-corrected chi connectivity index (χ2v) is 7.32. The molecule has 5 nitrogen and oxygen atoms in total. The van der Waals surface area contributed by atoms with Gasteiger partial charge in [-0.1, -0.05) is 30.3 Å². The normalized spacial score (nSPS) is 17.3. The Labute approximate surface area is 153 Å². The van der Waals surface area contributed by atoms with Gasteiger partial charge in [0.25, 0.3) is 5.56 Å². The summed E-state index contributed by atoms with van der Waals surface area (Å²) in [6.45, 7) is 4.48. The van der Waals surface area contributed by atoms with Gasteiger partial charge < -0.3 is 9.47 Å². The molecule has 0 bridgehead atoms. The van der Waals surface area contributed by atoms with E-state index >= 15 is 0 Å². The predicted octanol–water partition coefficient (Wildman–Crippen LogP) is 1.88. The van der Waals surface area contributed by atoms with Gasteiger partial charge in [-0.3, -0.25) is 14.5 Å². The highest BCUT2D eigenvalue weighted by Gasteiger charge is 2.24. The van der Waals surface area contributed by atoms with Gasteiger partial charge in [0.2, 0.25) is 5.91 Å². The van der Waals surface area contributed by atoms with Crippen LogP contribution in [0.5, 0.6) is 0 Å². The Bertz CT molecular complexity index is 838. The van der Waals surface area contributed by atoms with E-state index in [0.717, 1.165) is 36.2 Å². The maximum atomic E-state index is 12.6. The quantitative estimate of drug-likeness (QED) is 0.845. The summed E-state index contributed by atoms with van der Waals surface area (Å²) < 4.78 is 1.75. The fourth-order valence-electron chi connectivity index (χ4n) is 3.92. The summed E-state index contributed by atoms with van der Waals surface area (Å²) in [5.74, 6) is 0.207. The second kappa shape index (κ2) is 7.46. The molecule has 4 rings (SSSR count). The zero-order valence-electron chi connectivity index (χ0n) is 15.1. The lowest BCUT2D eigenvalue weighted by Crippen LogP contribution is -2.42. The number of carbonyl (C=O) groups is 1. The molecule has 0 aliphatic carbocycles. The fourth-order valence-corrected chi connectivity index (χ4v) is 3.92. The van der Waals surface area contributed by atoms with Gasteiger partial charge in [0.05, 0.1) is 13.1 Å². The summed E-state index contributed by atoms with van der Waals surface area (Å²) in [6.07, 6.45) is 5.10. The monoisotopic (exact) mass is 351 g/mol. The minimum absolute atomic E-state index is 0.0319. The van der Waals surface area contributed by atoms with Gasteiger partial charge in [-0.25, -0.2) is 0 Å². The van der Waals surface area contributed by atoms with Crippen molar-refractivity contribution in [2.24, 2.45) is 0 Å². The van der Waals surface area contributed by atoms with Crippen molar-refractivity contribution in [3.8, 4) is 0 Å². The number of aromatic nitrogens is 1. The molecule has 0 unspecified atom stereocenters. The van der Waals surface area contributed by atoms with Crippen LogP contribution in [0, 0.1) is 0 Å². The first-order valence-corrected chi connectivity index (χ1v) is 9.45. The van der Waals surface area contributed by atoms with Crippen molar-refractivity contribution in [1.82, 2.24) is 14.4 Å². The number of rotatable bonds is 4. The van der Waals surface area contributed by atoms with Crippen LogP contribution in [0.25, 0.3) is 0 Å². The number of hydrogen-bond acceptors (Lipinski definition) is 3. The van der Waals surface area contributed by atoms with Crippen molar-refractivity contribution in [2.45, 2.75) is 32.4 Å². The van der Waals surface area contributed by atoms with E-state index in [2.05, 4.69) is 4.90 Å². The largest absolute Gasteiger partial charge is 0.337 e. The van der Waals surface area contributed by atoms with Crippen LogP contribution < -0.4 is 5.56 Å². The maximum Gasteiger partial charge on any atom is 0.251 e. The lowest BCUT2D eigenvalue weighted by atomic mass is 10.0. The third-order valence-electron chi connectivity index (χ3n) is 5.42. The zero-order chi connectivity index (χ0) is 17.9. The lowest BCUT2D eigenvalue weighted by Gasteiger charge is -2.30. The van der Waals surface area contributed by atoms with Gasteiger partial charge in [0, 0.05) is 25.4 Å². The molecule has 26 heavy (non-hydrogen) atoms. The molecule has 1 aromatic heterocycles. The topological polar surface area (TPSA) is 45.6 Å². The Morgan fingerprint density at radius 2 is 1.77 bits per heavy atom. The number of amides is 1. The van der Waals surface area contributed by atoms with E-state index in [-0.39, 0.29) is 11.5 Å². The first kappa shape index (κ1) is 17.0. The molecule has 2 aromatic rings. The average Bonchev–Trinajstić information content (AvgIpc) is 3.16. The smallest absolute Gasteiger partial charge is 0.251 e. The maximum absolute atomic E-state index is 12.6. The highest BCUT2D eigenvalue weighted by atomic mass is 16.2. The van der Waals surface area contributed by atoms with Crippen molar-refractivity contribution in [3.05, 3.63) is 69.6 Å². The summed E-state index contributed by atoms with van der Waals surface area (Å²) in [6, 6.07) is 11.7. The van der Waals surface area contributed by atoms with Crippen LogP contribution >= 0.6 is 0 Å². The average molecular weight is 351 g/mol. The first-order valence-electron chi connectivity index (χ1n) is 9.45. The van der Waals surface area contributed by atoms with Crippen LogP contribution in [0.3, 0.4) is 0 Å². The molecule has 1 saturated heterocycles. The molecule has 2 aliphatic rings. The summed E-state index contributed by atoms with van der Waals surface area (Å²) in [7, 11) is 0. The van der Waals surface area contributed by atoms with Crippen molar-refractivity contribution >= 4 is 5.91 Å². The van der Waals surface area contributed by atoms with Crippen molar-refractivity contribution in [1.29, 1.82) is 0 Å². The highest BCUT2D eigenvalue weighted by molar-refractivity contribution is 5.78. The van der Waals surface area contributed by atoms with Crippen LogP contribution in [0.2, 0.25) is 0 Å². The molecule has 0 N–H and O–H groups in total. The number of carbonyl (C=O) groups excluding carboxylic acids is 1. The van der Waals surface area contributed by atoms with Crippen molar-refractivity contribution in [3.63, 3.8) is 0 Å². The Kier molecular flexibility index (Phi) is 4.89. The molecule has 1 amide bonds. The van der Waals surface area contributed by atoms with Crippen LogP contribution in [-0.2, 0) is 24.3 Å². The SMILES string of the molecule is O=C(CN1CCCC1)N1CCc2cc(=O)n(Cc3ccccc3)cc2C1. The number of fused-ring (bicyclic) bond motifs is 1. The molecule has 0 spiro atoms. The Hall–Kier alpha value is -2.40. The Morgan fingerprint density at radius 1 is 1.00 bits per heavy atom. The highest BCUT2D eigenvalue weighted by Crippen LogP contribution is 2.18. The van der Waals surface area contributed by atoms with Crippen molar-refractivity contribution < 1.29 is 4.79 Å². The summed E-state index contributed by atoms with van der Waals surface area (Å²) in [5.41, 5.74) is 3.32. The van der Waals surface area contributed by atoms with Crippen LogP contribution in [0.4, 0.5) is 0 Å². The molecule has 1 fully saturated rings. The second-order valence-electron chi connectivity index (χ2n) is 7.32. The summed E-state index contributed by atoms with van der Waals surface area (Å²) in [5, 5.41) is 0. The molecule has 5 heteroatoms. The molecule has 2 aliphatic heterocycles. The van der Waals surface area contributed by atoms with E-state index in [1.54, 1.807) is 10.6 Å². The number of likely N-dealkylation sites (tertiary alicyclic amines) is 1. The predicted molar refractivity (Wildman–Crippen MR) is 101 cm³/mol. The number of hydrogen-bond donors (Lipinski definition) is 0. The van der Waals surface area contributed by atoms with E-state index in [9.17, 15) is 9.59 Å². The van der Waals surface area contributed by atoms with Crippen LogP contribution in [0.15, 0.2) is 47.4 Å². The number of nitrogens with zero attached hydrogens (tertiary/aromatic N) is 3. The van der Waals surface area contributed by atoms with Gasteiger partial charge >= 0.3 is 0 Å². The molecule has 1 aromatic carbocycles. The lowest BCUT2D eigenvalue weighted by molar-refractivity contribution is -0.133.